The highest BCUT2D eigenvalue weighted by Gasteiger charge is 2.17. The van der Waals surface area contributed by atoms with Crippen molar-refractivity contribution in [1.29, 1.82) is 0 Å². The molecule has 2 aromatic rings. The van der Waals surface area contributed by atoms with Crippen LogP contribution in [0.2, 0.25) is 0 Å². The maximum Gasteiger partial charge on any atom is 0.251 e. The highest BCUT2D eigenvalue weighted by Crippen LogP contribution is 2.16. The van der Waals surface area contributed by atoms with Crippen molar-refractivity contribution < 1.29 is 17.9 Å². The molecule has 0 aliphatic carbocycles. The molecule has 0 aromatic heterocycles. The van der Waals surface area contributed by atoms with E-state index in [9.17, 15) is 13.2 Å². The number of benzene rings is 2. The van der Waals surface area contributed by atoms with E-state index in [4.69, 9.17) is 4.74 Å². The molecular weight excluding hydrogens is 364 g/mol. The molecule has 27 heavy (non-hydrogen) atoms. The minimum Gasteiger partial charge on any atom is -0.382 e. The van der Waals surface area contributed by atoms with Gasteiger partial charge in [-0.3, -0.25) is 4.79 Å². The van der Waals surface area contributed by atoms with Crippen LogP contribution in [-0.2, 0) is 21.3 Å². The monoisotopic (exact) mass is 390 g/mol. The quantitative estimate of drug-likeness (QED) is 0.611. The largest absolute Gasteiger partial charge is 0.382 e. The van der Waals surface area contributed by atoms with Gasteiger partial charge in [0.2, 0.25) is 10.0 Å². The molecule has 0 saturated heterocycles. The minimum atomic E-state index is -3.71. The van der Waals surface area contributed by atoms with Crippen molar-refractivity contribution in [3.05, 3.63) is 65.2 Å². The molecule has 0 bridgehead atoms. The topological polar surface area (TPSA) is 84.5 Å². The molecule has 0 aliphatic rings. The molecule has 0 radical (unpaired) electrons. The van der Waals surface area contributed by atoms with Gasteiger partial charge < -0.3 is 10.1 Å². The summed E-state index contributed by atoms with van der Waals surface area (Å²) in [5.74, 6) is -0.288. The van der Waals surface area contributed by atoms with Gasteiger partial charge in [0.05, 0.1) is 4.90 Å². The summed E-state index contributed by atoms with van der Waals surface area (Å²) in [7, 11) is -3.71. The Balaban J connectivity index is 2.05. The fraction of sp³-hybridized carbons (Fsp3) is 0.350. The summed E-state index contributed by atoms with van der Waals surface area (Å²) in [5.41, 5.74) is 1.94. The van der Waals surface area contributed by atoms with Crippen LogP contribution < -0.4 is 10.0 Å². The number of sulfonamides is 1. The van der Waals surface area contributed by atoms with Crippen LogP contribution in [0.25, 0.3) is 0 Å². The van der Waals surface area contributed by atoms with Gasteiger partial charge in [-0.2, -0.15) is 0 Å². The zero-order valence-electron chi connectivity index (χ0n) is 15.7. The van der Waals surface area contributed by atoms with Crippen LogP contribution in [0.15, 0.2) is 53.4 Å². The van der Waals surface area contributed by atoms with E-state index in [1.807, 2.05) is 37.3 Å². The molecule has 2 rings (SSSR count). The standard InChI is InChI=1S/C20H26N2O4S/c1-3-26-13-7-12-21-20(23)19-14-18(11-10-16(19)2)27(24,25)22-15-17-8-5-4-6-9-17/h4-6,8-11,14,22H,3,7,12-13,15H2,1-2H3,(H,21,23). The summed E-state index contributed by atoms with van der Waals surface area (Å²) < 4.78 is 32.9. The van der Waals surface area contributed by atoms with Crippen molar-refractivity contribution in [2.75, 3.05) is 19.8 Å². The Morgan fingerprint density at radius 2 is 1.85 bits per heavy atom. The van der Waals surface area contributed by atoms with E-state index >= 15 is 0 Å². The lowest BCUT2D eigenvalue weighted by Gasteiger charge is -2.11. The molecule has 7 heteroatoms. The Hall–Kier alpha value is -2.22. The Morgan fingerprint density at radius 1 is 1.11 bits per heavy atom. The van der Waals surface area contributed by atoms with Crippen LogP contribution in [0.4, 0.5) is 0 Å². The molecule has 0 unspecified atom stereocenters. The van der Waals surface area contributed by atoms with Crippen LogP contribution in [-0.4, -0.2) is 34.1 Å². The van der Waals surface area contributed by atoms with E-state index in [1.54, 1.807) is 13.0 Å². The van der Waals surface area contributed by atoms with Gasteiger partial charge in [-0.25, -0.2) is 13.1 Å². The van der Waals surface area contributed by atoms with Crippen LogP contribution >= 0.6 is 0 Å². The summed E-state index contributed by atoms with van der Waals surface area (Å²) in [4.78, 5) is 12.5. The molecule has 0 heterocycles. The van der Waals surface area contributed by atoms with Crippen molar-refractivity contribution in [2.45, 2.75) is 31.7 Å². The van der Waals surface area contributed by atoms with Crippen LogP contribution in [0, 0.1) is 6.92 Å². The van der Waals surface area contributed by atoms with Gasteiger partial charge in [0.25, 0.3) is 5.91 Å². The smallest absolute Gasteiger partial charge is 0.251 e. The Labute approximate surface area is 161 Å². The van der Waals surface area contributed by atoms with Gasteiger partial charge in [-0.1, -0.05) is 36.4 Å². The fourth-order valence-electron chi connectivity index (χ4n) is 2.49. The van der Waals surface area contributed by atoms with Crippen molar-refractivity contribution in [2.24, 2.45) is 0 Å². The second kappa shape index (κ2) is 10.2. The third kappa shape index (κ3) is 6.46. The average Bonchev–Trinajstić information content (AvgIpc) is 2.67. The molecule has 0 saturated carbocycles. The van der Waals surface area contributed by atoms with Crippen LogP contribution in [0.1, 0.15) is 34.8 Å². The first kappa shape index (κ1) is 21.1. The Kier molecular flexibility index (Phi) is 7.97. The molecular formula is C20H26N2O4S. The van der Waals surface area contributed by atoms with E-state index in [2.05, 4.69) is 10.0 Å². The predicted octanol–water partition coefficient (Wildman–Crippen LogP) is 2.63. The van der Waals surface area contributed by atoms with Gasteiger partial charge in [-0.15, -0.1) is 0 Å². The highest BCUT2D eigenvalue weighted by atomic mass is 32.2. The third-order valence-electron chi connectivity index (χ3n) is 4.03. The van der Waals surface area contributed by atoms with E-state index in [0.717, 1.165) is 11.1 Å². The number of hydrogen-bond acceptors (Lipinski definition) is 4. The Morgan fingerprint density at radius 3 is 2.56 bits per heavy atom. The van der Waals surface area contributed by atoms with E-state index in [1.165, 1.54) is 12.1 Å². The molecule has 0 spiro atoms. The third-order valence-corrected chi connectivity index (χ3v) is 5.43. The number of nitrogens with one attached hydrogen (secondary N) is 2. The molecule has 0 atom stereocenters. The fourth-order valence-corrected chi connectivity index (χ4v) is 3.53. The number of amides is 1. The maximum atomic E-state index is 12.6. The lowest BCUT2D eigenvalue weighted by atomic mass is 10.1. The number of carbonyl (C=O) groups excluding carboxylic acids is 1. The zero-order valence-corrected chi connectivity index (χ0v) is 16.5. The second-order valence-corrected chi connectivity index (χ2v) is 7.86. The number of carbonyl (C=O) groups is 1. The summed E-state index contributed by atoms with van der Waals surface area (Å²) >= 11 is 0. The minimum absolute atomic E-state index is 0.0727. The number of hydrogen-bond donors (Lipinski definition) is 2. The number of rotatable bonds is 10. The average molecular weight is 391 g/mol. The molecule has 6 nitrogen and oxygen atoms in total. The van der Waals surface area contributed by atoms with Crippen LogP contribution in [0.3, 0.4) is 0 Å². The van der Waals surface area contributed by atoms with Crippen molar-refractivity contribution in [3.63, 3.8) is 0 Å². The van der Waals surface area contributed by atoms with Crippen LogP contribution in [0.5, 0.6) is 0 Å². The predicted molar refractivity (Wildman–Crippen MR) is 105 cm³/mol. The molecule has 2 N–H and O–H groups in total. The summed E-state index contributed by atoms with van der Waals surface area (Å²) in [5, 5.41) is 2.80. The van der Waals surface area contributed by atoms with Gasteiger partial charge in [0.15, 0.2) is 0 Å². The normalized spacial score (nSPS) is 11.3. The highest BCUT2D eigenvalue weighted by molar-refractivity contribution is 7.89. The van der Waals surface area contributed by atoms with E-state index < -0.39 is 10.0 Å². The van der Waals surface area contributed by atoms with Crippen molar-refractivity contribution in [3.8, 4) is 0 Å². The first-order chi connectivity index (χ1) is 12.9. The van der Waals surface area contributed by atoms with Gasteiger partial charge in [-0.05, 0) is 43.5 Å². The van der Waals surface area contributed by atoms with Crippen molar-refractivity contribution >= 4 is 15.9 Å². The van der Waals surface area contributed by atoms with Crippen molar-refractivity contribution in [1.82, 2.24) is 10.0 Å². The first-order valence-electron chi connectivity index (χ1n) is 8.94. The lowest BCUT2D eigenvalue weighted by molar-refractivity contribution is 0.0943. The van der Waals surface area contributed by atoms with E-state index in [0.29, 0.717) is 31.7 Å². The first-order valence-corrected chi connectivity index (χ1v) is 10.4. The number of aryl methyl sites for hydroxylation is 1. The van der Waals surface area contributed by atoms with E-state index in [-0.39, 0.29) is 17.3 Å². The van der Waals surface area contributed by atoms with Gasteiger partial charge >= 0.3 is 0 Å². The SMILES string of the molecule is CCOCCCNC(=O)c1cc(S(=O)(=O)NCc2ccccc2)ccc1C. The molecule has 0 aliphatic heterocycles. The molecule has 146 valence electrons. The Bertz CT molecular complexity index is 852. The molecule has 2 aromatic carbocycles. The molecule has 1 amide bonds. The summed E-state index contributed by atoms with van der Waals surface area (Å²) in [6.07, 6.45) is 0.704. The lowest BCUT2D eigenvalue weighted by Crippen LogP contribution is -2.27. The second-order valence-electron chi connectivity index (χ2n) is 6.09. The zero-order chi connectivity index (χ0) is 19.7. The van der Waals surface area contributed by atoms with Gasteiger partial charge in [0, 0.05) is 31.9 Å². The maximum absolute atomic E-state index is 12.6. The summed E-state index contributed by atoms with van der Waals surface area (Å²) in [6, 6.07) is 13.8. The number of ether oxygens (including phenoxy) is 1. The van der Waals surface area contributed by atoms with Gasteiger partial charge in [0.1, 0.15) is 0 Å². The summed E-state index contributed by atoms with van der Waals surface area (Å²) in [6.45, 7) is 5.58. The molecule has 0 fully saturated rings.